The minimum atomic E-state index is -0.699. The van der Waals surface area contributed by atoms with Crippen molar-refractivity contribution in [2.45, 2.75) is 32.6 Å². The maximum Gasteiger partial charge on any atom is 0.338 e. The predicted octanol–water partition coefficient (Wildman–Crippen LogP) is 4.98. The highest BCUT2D eigenvalue weighted by Gasteiger charge is 2.36. The van der Waals surface area contributed by atoms with Gasteiger partial charge in [0, 0.05) is 23.1 Å². The van der Waals surface area contributed by atoms with Crippen LogP contribution in [0.25, 0.3) is 0 Å². The third kappa shape index (κ3) is 7.53. The van der Waals surface area contributed by atoms with Gasteiger partial charge in [-0.05, 0) is 48.9 Å². The number of carbonyl (C=O) groups excluding carboxylic acids is 4. The molecule has 0 aliphatic carbocycles. The number of halogens is 2. The first-order valence-corrected chi connectivity index (χ1v) is 12.4. The Hall–Kier alpha value is -2.91. The molecule has 3 rings (SSSR count). The van der Waals surface area contributed by atoms with Crippen LogP contribution in [-0.4, -0.2) is 43.5 Å². The van der Waals surface area contributed by atoms with E-state index < -0.39 is 30.4 Å². The van der Waals surface area contributed by atoms with Gasteiger partial charge >= 0.3 is 11.9 Å². The van der Waals surface area contributed by atoms with Crippen molar-refractivity contribution in [2.75, 3.05) is 30.0 Å². The molecule has 186 valence electrons. The molecule has 0 aromatic heterocycles. The maximum absolute atomic E-state index is 12.5. The summed E-state index contributed by atoms with van der Waals surface area (Å²) in [4.78, 5) is 50.6. The minimum absolute atomic E-state index is 0.0276. The highest BCUT2D eigenvalue weighted by Crippen LogP contribution is 2.27. The number of esters is 2. The van der Waals surface area contributed by atoms with E-state index in [-0.39, 0.29) is 18.9 Å². The van der Waals surface area contributed by atoms with Crippen molar-refractivity contribution in [1.82, 2.24) is 0 Å². The molecule has 1 aliphatic heterocycles. The van der Waals surface area contributed by atoms with Crippen molar-refractivity contribution in [2.24, 2.45) is 5.92 Å². The van der Waals surface area contributed by atoms with Crippen molar-refractivity contribution in [3.63, 3.8) is 0 Å². The molecular formula is C25H26BrClN2O6. The molecule has 1 heterocycles. The number of hydrogen-bond donors (Lipinski definition) is 1. The van der Waals surface area contributed by atoms with Crippen molar-refractivity contribution < 1.29 is 28.7 Å². The highest BCUT2D eigenvalue weighted by molar-refractivity contribution is 9.10. The van der Waals surface area contributed by atoms with Gasteiger partial charge in [0.25, 0.3) is 5.91 Å². The van der Waals surface area contributed by atoms with Crippen molar-refractivity contribution in [3.8, 4) is 0 Å². The molecule has 35 heavy (non-hydrogen) atoms. The highest BCUT2D eigenvalue weighted by atomic mass is 79.9. The van der Waals surface area contributed by atoms with Gasteiger partial charge in [-0.2, -0.15) is 0 Å². The number of rotatable bonds is 10. The zero-order chi connectivity index (χ0) is 25.4. The molecule has 1 atom stereocenters. The number of nitrogens with zero attached hydrogens (tertiary/aromatic N) is 1. The number of benzene rings is 2. The lowest BCUT2D eigenvalue weighted by atomic mass is 10.1. The first-order valence-electron chi connectivity index (χ1n) is 11.3. The van der Waals surface area contributed by atoms with E-state index in [1.54, 1.807) is 42.5 Å². The largest absolute Gasteiger partial charge is 0.462 e. The van der Waals surface area contributed by atoms with Crippen molar-refractivity contribution in [3.05, 3.63) is 57.5 Å². The van der Waals surface area contributed by atoms with E-state index in [4.69, 9.17) is 21.1 Å². The molecule has 2 aromatic rings. The average molecular weight is 566 g/mol. The lowest BCUT2D eigenvalue weighted by molar-refractivity contribution is -0.151. The fourth-order valence-electron chi connectivity index (χ4n) is 3.52. The number of amides is 2. The minimum Gasteiger partial charge on any atom is -0.462 e. The monoisotopic (exact) mass is 564 g/mol. The second-order valence-electron chi connectivity index (χ2n) is 8.08. The van der Waals surface area contributed by atoms with E-state index in [1.165, 1.54) is 4.90 Å². The molecule has 0 unspecified atom stereocenters. The van der Waals surface area contributed by atoms with Crippen LogP contribution in [0.4, 0.5) is 11.4 Å². The van der Waals surface area contributed by atoms with Gasteiger partial charge in [-0.25, -0.2) is 4.79 Å². The summed E-state index contributed by atoms with van der Waals surface area (Å²) in [6.45, 7) is 2.07. The van der Waals surface area contributed by atoms with E-state index in [0.29, 0.717) is 28.6 Å². The molecule has 0 bridgehead atoms. The number of carbonyl (C=O) groups is 4. The summed E-state index contributed by atoms with van der Waals surface area (Å²) in [6.07, 6.45) is 2.83. The van der Waals surface area contributed by atoms with Crippen LogP contribution in [-0.2, 0) is 23.9 Å². The fraction of sp³-hybridized carbons (Fsp3) is 0.360. The molecule has 10 heteroatoms. The summed E-state index contributed by atoms with van der Waals surface area (Å²) in [6, 6.07) is 11.4. The van der Waals surface area contributed by atoms with Crippen LogP contribution < -0.4 is 10.2 Å². The van der Waals surface area contributed by atoms with E-state index in [2.05, 4.69) is 28.2 Å². The van der Waals surface area contributed by atoms with Gasteiger partial charge < -0.3 is 19.7 Å². The summed E-state index contributed by atoms with van der Waals surface area (Å²) in [7, 11) is 0. The molecular weight excluding hydrogens is 540 g/mol. The lowest BCUT2D eigenvalue weighted by Gasteiger charge is -2.17. The summed E-state index contributed by atoms with van der Waals surface area (Å²) in [5, 5.41) is 2.92. The molecule has 1 fully saturated rings. The second kappa shape index (κ2) is 12.7. The lowest BCUT2D eigenvalue weighted by Crippen LogP contribution is -2.28. The number of unbranched alkanes of at least 4 members (excludes halogenated alkanes) is 2. The van der Waals surface area contributed by atoms with Gasteiger partial charge in [0.15, 0.2) is 6.61 Å². The van der Waals surface area contributed by atoms with Crippen LogP contribution in [0.3, 0.4) is 0 Å². The number of anilines is 2. The SMILES string of the molecule is CCCCCOC(=O)c1ccc(N2C[C@H](C(=O)OCC(=O)Nc3ccc(Br)cc3Cl)CC2=O)cc1. The van der Waals surface area contributed by atoms with Gasteiger partial charge in [0.2, 0.25) is 5.91 Å². The van der Waals surface area contributed by atoms with Crippen LogP contribution >= 0.6 is 27.5 Å². The molecule has 1 aliphatic rings. The van der Waals surface area contributed by atoms with Crippen LogP contribution in [0.15, 0.2) is 46.9 Å². The smallest absolute Gasteiger partial charge is 0.338 e. The van der Waals surface area contributed by atoms with Crippen LogP contribution in [0, 0.1) is 5.92 Å². The second-order valence-corrected chi connectivity index (χ2v) is 9.40. The van der Waals surface area contributed by atoms with Crippen molar-refractivity contribution in [1.29, 1.82) is 0 Å². The zero-order valence-corrected chi connectivity index (χ0v) is 21.6. The van der Waals surface area contributed by atoms with E-state index in [1.807, 2.05) is 0 Å². The number of nitrogens with one attached hydrogen (secondary N) is 1. The Morgan fingerprint density at radius 3 is 2.54 bits per heavy atom. The summed E-state index contributed by atoms with van der Waals surface area (Å²) in [5.41, 5.74) is 1.35. The molecule has 0 spiro atoms. The standard InChI is InChI=1S/C25H26BrClN2O6/c1-2-3-4-11-34-24(32)16-5-8-19(9-6-16)29-14-17(12-23(29)31)25(33)35-15-22(30)28-21-10-7-18(26)13-20(21)27/h5-10,13,17H,2-4,11-12,14-15H2,1H3,(H,28,30)/t17-/m1/s1. The van der Waals surface area contributed by atoms with Gasteiger partial charge in [-0.15, -0.1) is 0 Å². The topological polar surface area (TPSA) is 102 Å². The Morgan fingerprint density at radius 1 is 1.11 bits per heavy atom. The normalized spacial score (nSPS) is 15.1. The zero-order valence-electron chi connectivity index (χ0n) is 19.2. The summed E-state index contributed by atoms with van der Waals surface area (Å²) in [5.74, 6) is -2.53. The van der Waals surface area contributed by atoms with E-state index in [0.717, 1.165) is 23.7 Å². The summed E-state index contributed by atoms with van der Waals surface area (Å²) >= 11 is 9.35. The quantitative estimate of drug-likeness (QED) is 0.322. The molecule has 8 nitrogen and oxygen atoms in total. The number of ether oxygens (including phenoxy) is 2. The van der Waals surface area contributed by atoms with Crippen LogP contribution in [0.2, 0.25) is 5.02 Å². The van der Waals surface area contributed by atoms with Gasteiger partial charge in [0.1, 0.15) is 0 Å². The third-order valence-corrected chi connectivity index (χ3v) is 6.21. The van der Waals surface area contributed by atoms with Gasteiger partial charge in [-0.1, -0.05) is 47.3 Å². The fourth-order valence-corrected chi connectivity index (χ4v) is 4.25. The maximum atomic E-state index is 12.5. The molecule has 1 N–H and O–H groups in total. The van der Waals surface area contributed by atoms with E-state index >= 15 is 0 Å². The molecule has 2 amide bonds. The number of hydrogen-bond acceptors (Lipinski definition) is 6. The van der Waals surface area contributed by atoms with Crippen LogP contribution in [0.5, 0.6) is 0 Å². The van der Waals surface area contributed by atoms with E-state index in [9.17, 15) is 19.2 Å². The Bertz CT molecular complexity index is 1090. The van der Waals surface area contributed by atoms with Gasteiger partial charge in [0.05, 0.1) is 28.8 Å². The summed E-state index contributed by atoms with van der Waals surface area (Å²) < 4.78 is 11.1. The predicted molar refractivity (Wildman–Crippen MR) is 135 cm³/mol. The Balaban J connectivity index is 1.49. The molecule has 2 aromatic carbocycles. The van der Waals surface area contributed by atoms with Crippen molar-refractivity contribution >= 4 is 62.7 Å². The Morgan fingerprint density at radius 2 is 1.86 bits per heavy atom. The Labute approximate surface area is 217 Å². The first-order chi connectivity index (χ1) is 16.8. The molecule has 1 saturated heterocycles. The third-order valence-electron chi connectivity index (χ3n) is 5.40. The van der Waals surface area contributed by atoms with Crippen LogP contribution in [0.1, 0.15) is 43.0 Å². The molecule has 0 saturated carbocycles. The first kappa shape index (κ1) is 26.7. The average Bonchev–Trinajstić information content (AvgIpc) is 3.23. The molecule has 0 radical (unpaired) electrons. The van der Waals surface area contributed by atoms with Gasteiger partial charge in [-0.3, -0.25) is 14.4 Å². The Kier molecular flexibility index (Phi) is 9.68.